The van der Waals surface area contributed by atoms with Crippen LogP contribution in [0.1, 0.15) is 30.3 Å². The number of rotatable bonds is 5. The number of hydrogen-bond donors (Lipinski definition) is 1. The van der Waals surface area contributed by atoms with Crippen molar-refractivity contribution < 1.29 is 0 Å². The second-order valence-electron chi connectivity index (χ2n) is 4.33. The van der Waals surface area contributed by atoms with E-state index in [0.717, 1.165) is 24.5 Å². The number of nitrogens with zero attached hydrogens (tertiary/aromatic N) is 2. The van der Waals surface area contributed by atoms with Gasteiger partial charge in [0.15, 0.2) is 0 Å². The van der Waals surface area contributed by atoms with E-state index in [1.807, 2.05) is 13.1 Å². The molecule has 3 nitrogen and oxygen atoms in total. The first-order valence-electron chi connectivity index (χ1n) is 6.19. The third-order valence-corrected chi connectivity index (χ3v) is 3.79. The fourth-order valence-electron chi connectivity index (χ4n) is 1.80. The third kappa shape index (κ3) is 3.09. The fraction of sp³-hybridized carbons (Fsp3) is 0.357. The molecule has 0 aliphatic heterocycles. The number of nitrogens with two attached hydrogens (primary N) is 1. The van der Waals surface area contributed by atoms with Crippen molar-refractivity contribution >= 4 is 17.2 Å². The summed E-state index contributed by atoms with van der Waals surface area (Å²) >= 11 is 1.78. The molecule has 0 aromatic carbocycles. The van der Waals surface area contributed by atoms with Gasteiger partial charge in [-0.2, -0.15) is 0 Å². The van der Waals surface area contributed by atoms with E-state index < -0.39 is 0 Å². The van der Waals surface area contributed by atoms with Gasteiger partial charge in [-0.25, -0.2) is 4.98 Å². The SMILES string of the molecule is CCN(Cc1cccs1)c1ccc([C@@H](C)N)cn1. The summed E-state index contributed by atoms with van der Waals surface area (Å²) in [6.45, 7) is 5.98. The molecule has 0 amide bonds. The van der Waals surface area contributed by atoms with Crippen molar-refractivity contribution in [1.29, 1.82) is 0 Å². The zero-order valence-electron chi connectivity index (χ0n) is 10.8. The summed E-state index contributed by atoms with van der Waals surface area (Å²) in [7, 11) is 0. The number of hydrogen-bond acceptors (Lipinski definition) is 4. The van der Waals surface area contributed by atoms with E-state index in [4.69, 9.17) is 5.73 Å². The minimum absolute atomic E-state index is 0.0407. The average molecular weight is 261 g/mol. The number of pyridine rings is 1. The van der Waals surface area contributed by atoms with E-state index in [-0.39, 0.29) is 6.04 Å². The molecule has 0 saturated carbocycles. The van der Waals surface area contributed by atoms with Crippen molar-refractivity contribution in [3.63, 3.8) is 0 Å². The second-order valence-corrected chi connectivity index (χ2v) is 5.36. The highest BCUT2D eigenvalue weighted by atomic mass is 32.1. The highest BCUT2D eigenvalue weighted by Gasteiger charge is 2.08. The molecule has 2 aromatic heterocycles. The zero-order chi connectivity index (χ0) is 13.0. The Morgan fingerprint density at radius 1 is 1.39 bits per heavy atom. The molecular formula is C14H19N3S. The maximum absolute atomic E-state index is 5.83. The minimum atomic E-state index is 0.0407. The van der Waals surface area contributed by atoms with Gasteiger partial charge in [-0.1, -0.05) is 12.1 Å². The largest absolute Gasteiger partial charge is 0.352 e. The monoisotopic (exact) mass is 261 g/mol. The van der Waals surface area contributed by atoms with Crippen LogP contribution in [0.2, 0.25) is 0 Å². The van der Waals surface area contributed by atoms with Crippen molar-refractivity contribution in [1.82, 2.24) is 4.98 Å². The standard InChI is InChI=1S/C14H19N3S/c1-3-17(10-13-5-4-8-18-13)14-7-6-12(9-16-14)11(2)15/h4-9,11H,3,10,15H2,1-2H3/t11-/m1/s1. The van der Waals surface area contributed by atoms with E-state index in [1.54, 1.807) is 11.3 Å². The Balaban J connectivity index is 2.12. The maximum atomic E-state index is 5.83. The number of thiophene rings is 1. The van der Waals surface area contributed by atoms with Gasteiger partial charge >= 0.3 is 0 Å². The molecule has 18 heavy (non-hydrogen) atoms. The molecule has 1 atom stereocenters. The van der Waals surface area contributed by atoms with E-state index in [9.17, 15) is 0 Å². The Labute approximate surface area is 112 Å². The van der Waals surface area contributed by atoms with Gasteiger partial charge in [-0.3, -0.25) is 0 Å². The van der Waals surface area contributed by atoms with Crippen molar-refractivity contribution in [2.24, 2.45) is 5.73 Å². The lowest BCUT2D eigenvalue weighted by molar-refractivity contribution is 0.795. The number of aromatic nitrogens is 1. The lowest BCUT2D eigenvalue weighted by Gasteiger charge is -2.21. The Bertz CT molecular complexity index is 462. The normalized spacial score (nSPS) is 12.4. The molecule has 2 N–H and O–H groups in total. The van der Waals surface area contributed by atoms with Crippen LogP contribution in [0.4, 0.5) is 5.82 Å². The second kappa shape index (κ2) is 5.98. The molecule has 2 rings (SSSR count). The van der Waals surface area contributed by atoms with Crippen LogP contribution in [-0.4, -0.2) is 11.5 Å². The third-order valence-electron chi connectivity index (χ3n) is 2.93. The smallest absolute Gasteiger partial charge is 0.128 e. The molecule has 4 heteroatoms. The van der Waals surface area contributed by atoms with E-state index >= 15 is 0 Å². The molecule has 0 fully saturated rings. The van der Waals surface area contributed by atoms with Gasteiger partial charge in [0.2, 0.25) is 0 Å². The molecule has 0 aliphatic rings. The molecule has 0 unspecified atom stereocenters. The van der Waals surface area contributed by atoms with Crippen molar-refractivity contribution in [3.05, 3.63) is 46.3 Å². The summed E-state index contributed by atoms with van der Waals surface area (Å²) in [5, 5.41) is 2.11. The Morgan fingerprint density at radius 2 is 2.22 bits per heavy atom. The highest BCUT2D eigenvalue weighted by Crippen LogP contribution is 2.18. The van der Waals surface area contributed by atoms with Crippen molar-refractivity contribution in [3.8, 4) is 0 Å². The topological polar surface area (TPSA) is 42.1 Å². The quantitative estimate of drug-likeness (QED) is 0.898. The predicted octanol–water partition coefficient (Wildman–Crippen LogP) is 3.19. The summed E-state index contributed by atoms with van der Waals surface area (Å²) in [5.41, 5.74) is 6.91. The first kappa shape index (κ1) is 13.1. The zero-order valence-corrected chi connectivity index (χ0v) is 11.7. The first-order valence-corrected chi connectivity index (χ1v) is 7.07. The van der Waals surface area contributed by atoms with Gasteiger partial charge in [0, 0.05) is 23.7 Å². The summed E-state index contributed by atoms with van der Waals surface area (Å²) in [5.74, 6) is 1.01. The molecule has 0 spiro atoms. The van der Waals surface area contributed by atoms with Gasteiger partial charge in [-0.15, -0.1) is 11.3 Å². The molecule has 0 radical (unpaired) electrons. The molecule has 0 saturated heterocycles. The molecule has 0 bridgehead atoms. The Kier molecular flexibility index (Phi) is 4.33. The van der Waals surface area contributed by atoms with Crippen molar-refractivity contribution in [2.45, 2.75) is 26.4 Å². The summed E-state index contributed by atoms with van der Waals surface area (Å²) in [6.07, 6.45) is 1.87. The lowest BCUT2D eigenvalue weighted by atomic mass is 10.1. The van der Waals surface area contributed by atoms with Crippen LogP contribution < -0.4 is 10.6 Å². The highest BCUT2D eigenvalue weighted by molar-refractivity contribution is 7.09. The van der Waals surface area contributed by atoms with Gasteiger partial charge in [-0.05, 0) is 36.9 Å². The van der Waals surface area contributed by atoms with Gasteiger partial charge in [0.05, 0.1) is 6.54 Å². The molecule has 2 heterocycles. The van der Waals surface area contributed by atoms with Gasteiger partial charge in [0.25, 0.3) is 0 Å². The first-order chi connectivity index (χ1) is 8.70. The fourth-order valence-corrected chi connectivity index (χ4v) is 2.52. The van der Waals surface area contributed by atoms with Crippen LogP contribution in [-0.2, 0) is 6.54 Å². The summed E-state index contributed by atoms with van der Waals surface area (Å²) < 4.78 is 0. The molecule has 2 aromatic rings. The van der Waals surface area contributed by atoms with Crippen LogP contribution in [0.15, 0.2) is 35.8 Å². The lowest BCUT2D eigenvalue weighted by Crippen LogP contribution is -2.22. The van der Waals surface area contributed by atoms with Crippen molar-refractivity contribution in [2.75, 3.05) is 11.4 Å². The van der Waals surface area contributed by atoms with Crippen LogP contribution in [0.5, 0.6) is 0 Å². The van der Waals surface area contributed by atoms with Crippen LogP contribution >= 0.6 is 11.3 Å². The van der Waals surface area contributed by atoms with E-state index in [1.165, 1.54) is 4.88 Å². The Morgan fingerprint density at radius 3 is 2.72 bits per heavy atom. The molecular weight excluding hydrogens is 242 g/mol. The summed E-state index contributed by atoms with van der Waals surface area (Å²) in [6, 6.07) is 8.39. The van der Waals surface area contributed by atoms with E-state index in [0.29, 0.717) is 0 Å². The Hall–Kier alpha value is -1.39. The minimum Gasteiger partial charge on any atom is -0.352 e. The van der Waals surface area contributed by atoms with Crippen LogP contribution in [0.3, 0.4) is 0 Å². The van der Waals surface area contributed by atoms with Gasteiger partial charge < -0.3 is 10.6 Å². The summed E-state index contributed by atoms with van der Waals surface area (Å²) in [4.78, 5) is 8.12. The van der Waals surface area contributed by atoms with Gasteiger partial charge in [0.1, 0.15) is 5.82 Å². The predicted molar refractivity (Wildman–Crippen MR) is 77.9 cm³/mol. The van der Waals surface area contributed by atoms with E-state index in [2.05, 4.69) is 46.5 Å². The average Bonchev–Trinajstić information content (AvgIpc) is 2.89. The number of anilines is 1. The molecule has 0 aliphatic carbocycles. The van der Waals surface area contributed by atoms with Crippen LogP contribution in [0.25, 0.3) is 0 Å². The molecule has 96 valence electrons. The van der Waals surface area contributed by atoms with Crippen LogP contribution in [0, 0.1) is 0 Å². The maximum Gasteiger partial charge on any atom is 0.128 e.